The second kappa shape index (κ2) is 6.88. The molecule has 1 saturated heterocycles. The number of hydrogen-bond acceptors (Lipinski definition) is 3. The van der Waals surface area contributed by atoms with Crippen molar-refractivity contribution in [2.24, 2.45) is 5.92 Å². The number of hydrogen-bond donors (Lipinski definition) is 2. The Hall–Kier alpha value is -2.73. The second-order valence-corrected chi connectivity index (χ2v) is 6.91. The molecule has 1 aromatic heterocycles. The number of likely N-dealkylation sites (tertiary alicyclic amines) is 1. The summed E-state index contributed by atoms with van der Waals surface area (Å²) in [6.45, 7) is 1.85. The minimum Gasteiger partial charge on any atom is -0.338 e. The van der Waals surface area contributed by atoms with E-state index in [2.05, 4.69) is 20.2 Å². The number of halogens is 1. The van der Waals surface area contributed by atoms with Gasteiger partial charge in [0.15, 0.2) is 0 Å². The third-order valence-electron chi connectivity index (χ3n) is 4.86. The van der Waals surface area contributed by atoms with Crippen LogP contribution in [0.4, 0.5) is 10.1 Å². The first kappa shape index (κ1) is 16.7. The summed E-state index contributed by atoms with van der Waals surface area (Å²) >= 11 is 0. The molecule has 2 N–H and O–H groups in total. The van der Waals surface area contributed by atoms with Crippen LogP contribution in [-0.4, -0.2) is 40.9 Å². The second-order valence-electron chi connectivity index (χ2n) is 6.91. The van der Waals surface area contributed by atoms with Gasteiger partial charge in [0.2, 0.25) is 5.91 Å². The van der Waals surface area contributed by atoms with Crippen LogP contribution >= 0.6 is 0 Å². The van der Waals surface area contributed by atoms with Gasteiger partial charge in [0.1, 0.15) is 11.6 Å². The van der Waals surface area contributed by atoms with E-state index in [1.165, 1.54) is 12.1 Å². The van der Waals surface area contributed by atoms with Gasteiger partial charge >= 0.3 is 0 Å². The largest absolute Gasteiger partial charge is 0.338 e. The molecule has 0 bridgehead atoms. The Balaban J connectivity index is 1.54. The van der Waals surface area contributed by atoms with Crippen molar-refractivity contribution in [3.05, 3.63) is 48.3 Å². The molecule has 6 heteroatoms. The summed E-state index contributed by atoms with van der Waals surface area (Å²) in [5.74, 6) is 0.496. The number of aromatic nitrogens is 2. The number of nitrogens with zero attached hydrogens (tertiary/aromatic N) is 2. The zero-order chi connectivity index (χ0) is 18.1. The van der Waals surface area contributed by atoms with E-state index < -0.39 is 0 Å². The number of aromatic amines is 1. The van der Waals surface area contributed by atoms with Gasteiger partial charge < -0.3 is 15.2 Å². The van der Waals surface area contributed by atoms with Gasteiger partial charge in [-0.15, -0.1) is 0 Å². The molecule has 1 aliphatic heterocycles. The fourth-order valence-corrected chi connectivity index (χ4v) is 3.46. The lowest BCUT2D eigenvalue weighted by atomic mass is 9.97. The van der Waals surface area contributed by atoms with Gasteiger partial charge in [-0.1, -0.05) is 0 Å². The zero-order valence-electron chi connectivity index (χ0n) is 14.6. The summed E-state index contributed by atoms with van der Waals surface area (Å²) in [7, 11) is 2.05. The summed E-state index contributed by atoms with van der Waals surface area (Å²) in [5, 5.41) is 3.02. The first-order valence-electron chi connectivity index (χ1n) is 8.83. The van der Waals surface area contributed by atoms with Crippen molar-refractivity contribution in [3.63, 3.8) is 0 Å². The maximum atomic E-state index is 13.1. The van der Waals surface area contributed by atoms with Gasteiger partial charge in [-0.2, -0.15) is 0 Å². The van der Waals surface area contributed by atoms with Gasteiger partial charge in [-0.3, -0.25) is 4.79 Å². The normalized spacial score (nSPS) is 18.2. The molecule has 2 aromatic carbocycles. The highest BCUT2D eigenvalue weighted by molar-refractivity contribution is 5.95. The van der Waals surface area contributed by atoms with Crippen LogP contribution in [0, 0.1) is 11.7 Å². The highest BCUT2D eigenvalue weighted by atomic mass is 19.1. The van der Waals surface area contributed by atoms with E-state index in [1.54, 1.807) is 12.1 Å². The molecule has 0 radical (unpaired) electrons. The molecule has 0 saturated carbocycles. The third kappa shape index (κ3) is 3.46. The molecule has 0 aliphatic carbocycles. The topological polar surface area (TPSA) is 61.0 Å². The van der Waals surface area contributed by atoms with Gasteiger partial charge in [0.05, 0.1) is 17.0 Å². The molecular weight excluding hydrogens is 331 g/mol. The lowest BCUT2D eigenvalue weighted by molar-refractivity contribution is -0.121. The molecule has 5 nitrogen and oxygen atoms in total. The smallest absolute Gasteiger partial charge is 0.228 e. The number of carbonyl (C=O) groups excluding carboxylic acids is 1. The fraction of sp³-hybridized carbons (Fsp3) is 0.300. The first-order valence-corrected chi connectivity index (χ1v) is 8.83. The lowest BCUT2D eigenvalue weighted by Gasteiger charge is -2.28. The Kier molecular flexibility index (Phi) is 4.42. The van der Waals surface area contributed by atoms with Gasteiger partial charge in [-0.25, -0.2) is 9.37 Å². The van der Waals surface area contributed by atoms with Gasteiger partial charge in [0.25, 0.3) is 0 Å². The van der Waals surface area contributed by atoms with E-state index in [0.29, 0.717) is 5.82 Å². The molecule has 1 amide bonds. The van der Waals surface area contributed by atoms with E-state index in [1.807, 2.05) is 25.2 Å². The first-order chi connectivity index (χ1) is 12.6. The highest BCUT2D eigenvalue weighted by Crippen LogP contribution is 2.24. The summed E-state index contributed by atoms with van der Waals surface area (Å²) in [5.41, 5.74) is 3.21. The predicted molar refractivity (Wildman–Crippen MR) is 100 cm³/mol. The van der Waals surface area contributed by atoms with Crippen molar-refractivity contribution in [3.8, 4) is 11.4 Å². The monoisotopic (exact) mass is 352 g/mol. The van der Waals surface area contributed by atoms with Crippen molar-refractivity contribution in [1.29, 1.82) is 0 Å². The number of rotatable bonds is 3. The number of nitrogens with one attached hydrogen (secondary N) is 2. The fourth-order valence-electron chi connectivity index (χ4n) is 3.46. The number of piperidine rings is 1. The number of imidazole rings is 1. The average Bonchev–Trinajstić information content (AvgIpc) is 3.05. The third-order valence-corrected chi connectivity index (χ3v) is 4.86. The van der Waals surface area contributed by atoms with Crippen LogP contribution in [0.1, 0.15) is 12.8 Å². The number of anilines is 1. The van der Waals surface area contributed by atoms with Crippen molar-refractivity contribution in [1.82, 2.24) is 14.9 Å². The molecule has 0 spiro atoms. The molecule has 1 fully saturated rings. The highest BCUT2D eigenvalue weighted by Gasteiger charge is 2.24. The lowest BCUT2D eigenvalue weighted by Crippen LogP contribution is -2.38. The van der Waals surface area contributed by atoms with E-state index in [0.717, 1.165) is 48.2 Å². The Morgan fingerprint density at radius 2 is 2.08 bits per heavy atom. The Labute approximate surface area is 151 Å². The minimum absolute atomic E-state index is 0.0287. The molecular formula is C20H21FN4O. The van der Waals surface area contributed by atoms with Crippen LogP contribution < -0.4 is 5.32 Å². The van der Waals surface area contributed by atoms with Crippen LogP contribution in [0.25, 0.3) is 22.4 Å². The SMILES string of the molecule is CN1CCCC(C(=O)Nc2ccc3nc(-c4ccc(F)cc4)[nH]c3c2)C1. The quantitative estimate of drug-likeness (QED) is 0.756. The van der Waals surface area contributed by atoms with E-state index in [-0.39, 0.29) is 17.6 Å². The minimum atomic E-state index is -0.275. The van der Waals surface area contributed by atoms with Crippen molar-refractivity contribution >= 4 is 22.6 Å². The zero-order valence-corrected chi connectivity index (χ0v) is 14.6. The number of amides is 1. The van der Waals surface area contributed by atoms with E-state index in [4.69, 9.17) is 0 Å². The van der Waals surface area contributed by atoms with Gasteiger partial charge in [0, 0.05) is 17.8 Å². The maximum absolute atomic E-state index is 13.1. The number of fused-ring (bicyclic) bond motifs is 1. The van der Waals surface area contributed by atoms with E-state index >= 15 is 0 Å². The number of H-pyrrole nitrogens is 1. The summed E-state index contributed by atoms with van der Waals surface area (Å²) in [6.07, 6.45) is 1.98. The van der Waals surface area contributed by atoms with Crippen molar-refractivity contribution < 1.29 is 9.18 Å². The number of benzene rings is 2. The van der Waals surface area contributed by atoms with Crippen LogP contribution in [0.15, 0.2) is 42.5 Å². The molecule has 1 aliphatic rings. The summed E-state index contributed by atoms with van der Waals surface area (Å²) in [6, 6.07) is 11.8. The Morgan fingerprint density at radius 1 is 1.27 bits per heavy atom. The summed E-state index contributed by atoms with van der Waals surface area (Å²) < 4.78 is 13.1. The molecule has 3 aromatic rings. The maximum Gasteiger partial charge on any atom is 0.228 e. The Morgan fingerprint density at radius 3 is 2.85 bits per heavy atom. The number of carbonyl (C=O) groups is 1. The summed E-state index contributed by atoms with van der Waals surface area (Å²) in [4.78, 5) is 22.5. The van der Waals surface area contributed by atoms with E-state index in [9.17, 15) is 9.18 Å². The van der Waals surface area contributed by atoms with Crippen molar-refractivity contribution in [2.75, 3.05) is 25.5 Å². The van der Waals surface area contributed by atoms with Crippen LogP contribution in [0.2, 0.25) is 0 Å². The molecule has 1 unspecified atom stereocenters. The molecule has 26 heavy (non-hydrogen) atoms. The predicted octanol–water partition coefficient (Wildman–Crippen LogP) is 3.65. The van der Waals surface area contributed by atoms with Crippen LogP contribution in [0.5, 0.6) is 0 Å². The van der Waals surface area contributed by atoms with Crippen LogP contribution in [-0.2, 0) is 4.79 Å². The van der Waals surface area contributed by atoms with Gasteiger partial charge in [-0.05, 0) is 68.9 Å². The molecule has 1 atom stereocenters. The molecule has 134 valence electrons. The Bertz CT molecular complexity index is 935. The standard InChI is InChI=1S/C20H21FN4O/c1-25-10-2-3-14(12-25)20(26)22-16-8-9-17-18(11-16)24-19(23-17)13-4-6-15(21)7-5-13/h4-9,11,14H,2-3,10,12H2,1H3,(H,22,26)(H,23,24). The molecule has 2 heterocycles. The van der Waals surface area contributed by atoms with Crippen molar-refractivity contribution in [2.45, 2.75) is 12.8 Å². The average molecular weight is 352 g/mol. The molecule has 4 rings (SSSR count). The van der Waals surface area contributed by atoms with Crippen LogP contribution in [0.3, 0.4) is 0 Å².